The topological polar surface area (TPSA) is 44.1 Å². The molecule has 0 atom stereocenters. The molecule has 1 heterocycles. The smallest absolute Gasteiger partial charge is 0.338 e. The molecule has 0 aliphatic rings. The molecule has 0 saturated heterocycles. The average molecular weight is 306 g/mol. The molecule has 0 N–H and O–H groups in total. The van der Waals surface area contributed by atoms with Gasteiger partial charge in [0.15, 0.2) is 0 Å². The van der Waals surface area contributed by atoms with Crippen molar-refractivity contribution in [3.05, 3.63) is 77.6 Å². The maximum Gasteiger partial charge on any atom is 0.338 e. The van der Waals surface area contributed by atoms with Gasteiger partial charge in [-0.05, 0) is 24.1 Å². The van der Waals surface area contributed by atoms with E-state index in [1.54, 1.807) is 12.3 Å². The van der Waals surface area contributed by atoms with Gasteiger partial charge in [-0.1, -0.05) is 42.5 Å². The van der Waals surface area contributed by atoms with E-state index in [-0.39, 0.29) is 5.97 Å². The van der Waals surface area contributed by atoms with Crippen LogP contribution in [-0.4, -0.2) is 22.6 Å². The number of rotatable bonds is 4. The van der Waals surface area contributed by atoms with Gasteiger partial charge in [0.05, 0.1) is 12.7 Å². The predicted molar refractivity (Wildman–Crippen MR) is 89.3 cm³/mol. The highest BCUT2D eigenvalue weighted by atomic mass is 16.5. The molecule has 2 aromatic carbocycles. The number of aryl methyl sites for hydroxylation is 1. The lowest BCUT2D eigenvalue weighted by Crippen LogP contribution is -2.09. The van der Waals surface area contributed by atoms with E-state index in [4.69, 9.17) is 4.74 Å². The number of hydrogen-bond donors (Lipinski definition) is 0. The minimum Gasteiger partial charge on any atom is -0.465 e. The minimum atomic E-state index is -0.321. The second kappa shape index (κ2) is 6.48. The predicted octanol–water partition coefficient (Wildman–Crippen LogP) is 3.69. The van der Waals surface area contributed by atoms with E-state index in [2.05, 4.69) is 24.0 Å². The fourth-order valence-corrected chi connectivity index (χ4v) is 2.66. The van der Waals surface area contributed by atoms with Crippen LogP contribution in [0.5, 0.6) is 0 Å². The average Bonchev–Trinajstić information content (AvgIpc) is 3.03. The number of aromatic nitrogens is 2. The first kappa shape index (κ1) is 15.0. The second-order valence-electron chi connectivity index (χ2n) is 5.34. The highest BCUT2D eigenvalue weighted by Gasteiger charge is 2.14. The van der Waals surface area contributed by atoms with Gasteiger partial charge in [0.2, 0.25) is 0 Å². The van der Waals surface area contributed by atoms with Gasteiger partial charge in [-0.25, -0.2) is 9.78 Å². The van der Waals surface area contributed by atoms with E-state index in [9.17, 15) is 4.79 Å². The van der Waals surface area contributed by atoms with Crippen LogP contribution < -0.4 is 0 Å². The van der Waals surface area contributed by atoms with E-state index in [0.717, 1.165) is 17.0 Å². The SMILES string of the molecule is COC(=O)c1ccccc1Cn1ccnc1-c1ccccc1C. The van der Waals surface area contributed by atoms with Gasteiger partial charge in [-0.15, -0.1) is 0 Å². The van der Waals surface area contributed by atoms with Gasteiger partial charge in [-0.2, -0.15) is 0 Å². The number of methoxy groups -OCH3 is 1. The zero-order chi connectivity index (χ0) is 16.2. The summed E-state index contributed by atoms with van der Waals surface area (Å²) in [5, 5.41) is 0. The summed E-state index contributed by atoms with van der Waals surface area (Å²) >= 11 is 0. The standard InChI is InChI=1S/C19H18N2O2/c1-14-7-3-5-9-16(14)18-20-11-12-21(18)13-15-8-4-6-10-17(15)19(22)23-2/h3-12H,13H2,1-2H3. The summed E-state index contributed by atoms with van der Waals surface area (Å²) in [6.07, 6.45) is 3.71. The first-order chi connectivity index (χ1) is 11.2. The number of carbonyl (C=O) groups excluding carboxylic acids is 1. The summed E-state index contributed by atoms with van der Waals surface area (Å²) in [6, 6.07) is 15.6. The third-order valence-electron chi connectivity index (χ3n) is 3.86. The van der Waals surface area contributed by atoms with Crippen molar-refractivity contribution >= 4 is 5.97 Å². The van der Waals surface area contributed by atoms with Gasteiger partial charge in [0.25, 0.3) is 0 Å². The number of carbonyl (C=O) groups is 1. The summed E-state index contributed by atoms with van der Waals surface area (Å²) in [7, 11) is 1.40. The summed E-state index contributed by atoms with van der Waals surface area (Å²) in [6.45, 7) is 2.63. The third kappa shape index (κ3) is 3.01. The Morgan fingerprint density at radius 2 is 1.87 bits per heavy atom. The van der Waals surface area contributed by atoms with Gasteiger partial charge in [0, 0.05) is 24.5 Å². The zero-order valence-electron chi connectivity index (χ0n) is 13.2. The molecule has 3 aromatic rings. The molecule has 1 aromatic heterocycles. The Balaban J connectivity index is 1.99. The lowest BCUT2D eigenvalue weighted by molar-refractivity contribution is 0.0599. The first-order valence-corrected chi connectivity index (χ1v) is 7.44. The van der Waals surface area contributed by atoms with E-state index < -0.39 is 0 Å². The summed E-state index contributed by atoms with van der Waals surface area (Å²) < 4.78 is 6.91. The molecular weight excluding hydrogens is 288 g/mol. The molecule has 4 heteroatoms. The number of ether oxygens (including phenoxy) is 1. The molecule has 0 amide bonds. The molecule has 0 saturated carbocycles. The minimum absolute atomic E-state index is 0.321. The van der Waals surface area contributed by atoms with Crippen LogP contribution in [0, 0.1) is 6.92 Å². The lowest BCUT2D eigenvalue weighted by Gasteiger charge is -2.12. The molecule has 116 valence electrons. The van der Waals surface area contributed by atoms with E-state index in [0.29, 0.717) is 12.1 Å². The third-order valence-corrected chi connectivity index (χ3v) is 3.86. The Labute approximate surface area is 135 Å². The summed E-state index contributed by atoms with van der Waals surface area (Å²) in [4.78, 5) is 16.4. The molecule has 0 aliphatic heterocycles. The number of hydrogen-bond acceptors (Lipinski definition) is 3. The van der Waals surface area contributed by atoms with E-state index >= 15 is 0 Å². The van der Waals surface area contributed by atoms with Crippen LogP contribution >= 0.6 is 0 Å². The second-order valence-corrected chi connectivity index (χ2v) is 5.34. The van der Waals surface area contributed by atoms with Crippen LogP contribution in [0.1, 0.15) is 21.5 Å². The highest BCUT2D eigenvalue weighted by molar-refractivity contribution is 5.91. The van der Waals surface area contributed by atoms with Crippen LogP contribution in [0.25, 0.3) is 11.4 Å². The van der Waals surface area contributed by atoms with Gasteiger partial charge < -0.3 is 9.30 Å². The van der Waals surface area contributed by atoms with Crippen LogP contribution in [0.2, 0.25) is 0 Å². The van der Waals surface area contributed by atoms with E-state index in [1.165, 1.54) is 12.7 Å². The number of imidazole rings is 1. The Bertz CT molecular complexity index is 837. The molecular formula is C19H18N2O2. The maximum atomic E-state index is 11.9. The van der Waals surface area contributed by atoms with Crippen LogP contribution in [0.3, 0.4) is 0 Å². The molecule has 0 aliphatic carbocycles. The zero-order valence-corrected chi connectivity index (χ0v) is 13.2. The van der Waals surface area contributed by atoms with Crippen LogP contribution in [-0.2, 0) is 11.3 Å². The number of esters is 1. The normalized spacial score (nSPS) is 10.5. The molecule has 0 spiro atoms. The van der Waals surface area contributed by atoms with Crippen molar-refractivity contribution in [2.75, 3.05) is 7.11 Å². The molecule has 0 bridgehead atoms. The fraction of sp³-hybridized carbons (Fsp3) is 0.158. The van der Waals surface area contributed by atoms with Crippen molar-refractivity contribution in [3.8, 4) is 11.4 Å². The van der Waals surface area contributed by atoms with Crippen molar-refractivity contribution < 1.29 is 9.53 Å². The Morgan fingerprint density at radius 3 is 2.65 bits per heavy atom. The largest absolute Gasteiger partial charge is 0.465 e. The lowest BCUT2D eigenvalue weighted by atomic mass is 10.1. The number of benzene rings is 2. The maximum absolute atomic E-state index is 11.9. The Morgan fingerprint density at radius 1 is 1.13 bits per heavy atom. The van der Waals surface area contributed by atoms with Crippen molar-refractivity contribution in [3.63, 3.8) is 0 Å². The Hall–Kier alpha value is -2.88. The quantitative estimate of drug-likeness (QED) is 0.690. The number of nitrogens with zero attached hydrogens (tertiary/aromatic N) is 2. The fourth-order valence-electron chi connectivity index (χ4n) is 2.66. The first-order valence-electron chi connectivity index (χ1n) is 7.44. The van der Waals surface area contributed by atoms with Gasteiger partial charge >= 0.3 is 5.97 Å². The molecule has 0 unspecified atom stereocenters. The van der Waals surface area contributed by atoms with Crippen molar-refractivity contribution in [2.45, 2.75) is 13.5 Å². The molecule has 23 heavy (non-hydrogen) atoms. The molecule has 4 nitrogen and oxygen atoms in total. The highest BCUT2D eigenvalue weighted by Crippen LogP contribution is 2.23. The van der Waals surface area contributed by atoms with E-state index in [1.807, 2.05) is 41.1 Å². The van der Waals surface area contributed by atoms with Crippen molar-refractivity contribution in [1.82, 2.24) is 9.55 Å². The summed E-state index contributed by atoms with van der Waals surface area (Å²) in [5.74, 6) is 0.570. The molecule has 0 radical (unpaired) electrons. The van der Waals surface area contributed by atoms with Gasteiger partial charge in [0.1, 0.15) is 5.82 Å². The van der Waals surface area contributed by atoms with Gasteiger partial charge in [-0.3, -0.25) is 0 Å². The summed E-state index contributed by atoms with van der Waals surface area (Å²) in [5.41, 5.74) is 3.75. The monoisotopic (exact) mass is 306 g/mol. The van der Waals surface area contributed by atoms with Crippen molar-refractivity contribution in [1.29, 1.82) is 0 Å². The van der Waals surface area contributed by atoms with Crippen molar-refractivity contribution in [2.24, 2.45) is 0 Å². The van der Waals surface area contributed by atoms with Crippen LogP contribution in [0.15, 0.2) is 60.9 Å². The van der Waals surface area contributed by atoms with Crippen LogP contribution in [0.4, 0.5) is 0 Å². The Kier molecular flexibility index (Phi) is 4.24. The molecule has 3 rings (SSSR count). The molecule has 0 fully saturated rings.